The van der Waals surface area contributed by atoms with Crippen molar-refractivity contribution < 1.29 is 12.8 Å². The first-order valence-corrected chi connectivity index (χ1v) is 8.82. The second-order valence-corrected chi connectivity index (χ2v) is 7.94. The van der Waals surface area contributed by atoms with Crippen molar-refractivity contribution in [3.05, 3.63) is 32.3 Å². The highest BCUT2D eigenvalue weighted by Crippen LogP contribution is 2.16. The standard InChI is InChI=1S/C12H14INO4S/c1-2-19(16,17)7-3-6-14-10-5-4-9(13)8-11(10)18-12(14)15/h4-5,8H,2-3,6-7H2,1H3. The van der Waals surface area contributed by atoms with E-state index in [0.717, 1.165) is 3.57 Å². The molecular formula is C12H14INO4S. The van der Waals surface area contributed by atoms with Gasteiger partial charge >= 0.3 is 5.76 Å². The Morgan fingerprint density at radius 1 is 1.37 bits per heavy atom. The zero-order valence-electron chi connectivity index (χ0n) is 10.4. The van der Waals surface area contributed by atoms with Crippen LogP contribution < -0.4 is 5.76 Å². The van der Waals surface area contributed by atoms with E-state index in [-0.39, 0.29) is 11.5 Å². The van der Waals surface area contributed by atoms with Crippen molar-refractivity contribution in [2.75, 3.05) is 11.5 Å². The van der Waals surface area contributed by atoms with Crippen LogP contribution in [0.2, 0.25) is 0 Å². The molecule has 0 fully saturated rings. The van der Waals surface area contributed by atoms with Crippen LogP contribution in [0.3, 0.4) is 0 Å². The lowest BCUT2D eigenvalue weighted by Crippen LogP contribution is -2.17. The number of hydrogen-bond acceptors (Lipinski definition) is 4. The predicted octanol–water partition coefficient (Wildman–Crippen LogP) is 2.02. The van der Waals surface area contributed by atoms with Gasteiger partial charge < -0.3 is 4.42 Å². The van der Waals surface area contributed by atoms with Gasteiger partial charge in [0.25, 0.3) is 0 Å². The number of rotatable bonds is 5. The van der Waals surface area contributed by atoms with Crippen LogP contribution in [0, 0.1) is 3.57 Å². The summed E-state index contributed by atoms with van der Waals surface area (Å²) in [6.07, 6.45) is 0.413. The summed E-state index contributed by atoms with van der Waals surface area (Å²) in [6, 6.07) is 5.49. The summed E-state index contributed by atoms with van der Waals surface area (Å²) in [5, 5.41) is 0. The van der Waals surface area contributed by atoms with E-state index in [1.54, 1.807) is 13.0 Å². The van der Waals surface area contributed by atoms with Gasteiger partial charge in [-0.2, -0.15) is 0 Å². The van der Waals surface area contributed by atoms with Crippen molar-refractivity contribution in [3.63, 3.8) is 0 Å². The third-order valence-corrected chi connectivity index (χ3v) is 5.37. The van der Waals surface area contributed by atoms with Gasteiger partial charge in [0.1, 0.15) is 9.84 Å². The normalized spacial score (nSPS) is 12.1. The van der Waals surface area contributed by atoms with Crippen LogP contribution in [-0.4, -0.2) is 24.5 Å². The van der Waals surface area contributed by atoms with Crippen LogP contribution in [0.1, 0.15) is 13.3 Å². The van der Waals surface area contributed by atoms with Gasteiger partial charge in [0, 0.05) is 15.9 Å². The Hall–Kier alpha value is -0.830. The van der Waals surface area contributed by atoms with Gasteiger partial charge in [-0.25, -0.2) is 13.2 Å². The highest BCUT2D eigenvalue weighted by Gasteiger charge is 2.11. The Morgan fingerprint density at radius 3 is 2.79 bits per heavy atom. The van der Waals surface area contributed by atoms with Gasteiger partial charge in [-0.3, -0.25) is 4.57 Å². The average molecular weight is 395 g/mol. The van der Waals surface area contributed by atoms with Crippen molar-refractivity contribution in [1.82, 2.24) is 4.57 Å². The molecule has 0 amide bonds. The number of halogens is 1. The van der Waals surface area contributed by atoms with Crippen LogP contribution in [0.4, 0.5) is 0 Å². The number of fused-ring (bicyclic) bond motifs is 1. The van der Waals surface area contributed by atoms with Crippen molar-refractivity contribution >= 4 is 43.5 Å². The van der Waals surface area contributed by atoms with E-state index in [1.165, 1.54) is 4.57 Å². The molecule has 2 rings (SSSR count). The molecule has 1 aromatic carbocycles. The summed E-state index contributed by atoms with van der Waals surface area (Å²) in [5.41, 5.74) is 1.24. The Labute approximate surface area is 124 Å². The van der Waals surface area contributed by atoms with Crippen LogP contribution in [0.15, 0.2) is 27.4 Å². The average Bonchev–Trinajstić information content (AvgIpc) is 2.65. The minimum Gasteiger partial charge on any atom is -0.408 e. The molecule has 19 heavy (non-hydrogen) atoms. The first-order chi connectivity index (χ1) is 8.93. The highest BCUT2D eigenvalue weighted by molar-refractivity contribution is 14.1. The molecule has 0 unspecified atom stereocenters. The second kappa shape index (κ2) is 5.66. The lowest BCUT2D eigenvalue weighted by atomic mass is 10.3. The smallest absolute Gasteiger partial charge is 0.408 e. The minimum atomic E-state index is -2.99. The maximum atomic E-state index is 11.7. The fraction of sp³-hybridized carbons (Fsp3) is 0.417. The monoisotopic (exact) mass is 395 g/mol. The summed E-state index contributed by atoms with van der Waals surface area (Å²) in [4.78, 5) is 11.7. The first-order valence-electron chi connectivity index (χ1n) is 5.92. The molecule has 7 heteroatoms. The summed E-state index contributed by atoms with van der Waals surface area (Å²) in [6.45, 7) is 1.97. The number of benzene rings is 1. The van der Waals surface area contributed by atoms with Crippen molar-refractivity contribution in [1.29, 1.82) is 0 Å². The third kappa shape index (κ3) is 3.38. The molecule has 0 atom stereocenters. The molecule has 0 saturated carbocycles. The molecule has 0 N–H and O–H groups in total. The minimum absolute atomic E-state index is 0.0903. The van der Waals surface area contributed by atoms with Crippen molar-refractivity contribution in [3.8, 4) is 0 Å². The molecule has 0 spiro atoms. The zero-order chi connectivity index (χ0) is 14.0. The molecule has 5 nitrogen and oxygen atoms in total. The van der Waals surface area contributed by atoms with Gasteiger partial charge in [-0.1, -0.05) is 6.92 Å². The van der Waals surface area contributed by atoms with Gasteiger partial charge in [-0.05, 0) is 47.2 Å². The Kier molecular flexibility index (Phi) is 4.34. The number of aromatic nitrogens is 1. The predicted molar refractivity (Wildman–Crippen MR) is 82.1 cm³/mol. The number of aryl methyl sites for hydroxylation is 1. The summed E-state index contributed by atoms with van der Waals surface area (Å²) in [5.74, 6) is -0.218. The second-order valence-electron chi connectivity index (χ2n) is 4.22. The van der Waals surface area contributed by atoms with E-state index in [1.807, 2.05) is 12.1 Å². The third-order valence-electron chi connectivity index (χ3n) is 2.91. The van der Waals surface area contributed by atoms with Crippen molar-refractivity contribution in [2.24, 2.45) is 0 Å². The first kappa shape index (κ1) is 14.6. The van der Waals surface area contributed by atoms with Crippen LogP contribution >= 0.6 is 22.6 Å². The molecule has 0 aliphatic rings. The lowest BCUT2D eigenvalue weighted by Gasteiger charge is -2.02. The quantitative estimate of drug-likeness (QED) is 0.727. The number of nitrogens with zero attached hydrogens (tertiary/aromatic N) is 1. The SMILES string of the molecule is CCS(=O)(=O)CCCn1c(=O)oc2cc(I)ccc21. The number of oxazole rings is 1. The molecule has 0 radical (unpaired) electrons. The molecule has 2 aromatic rings. The fourth-order valence-corrected chi connectivity index (χ4v) is 3.16. The summed E-state index contributed by atoms with van der Waals surface area (Å²) in [7, 11) is -2.99. The molecule has 0 aliphatic heterocycles. The fourth-order valence-electron chi connectivity index (χ4n) is 1.84. The van der Waals surface area contributed by atoms with Crippen LogP contribution in [0.5, 0.6) is 0 Å². The van der Waals surface area contributed by atoms with E-state index >= 15 is 0 Å². The van der Waals surface area contributed by atoms with Crippen molar-refractivity contribution in [2.45, 2.75) is 19.9 Å². The molecule has 1 aromatic heterocycles. The molecule has 104 valence electrons. The Bertz CT molecular complexity index is 745. The Morgan fingerprint density at radius 2 is 2.11 bits per heavy atom. The van der Waals surface area contributed by atoms with E-state index in [0.29, 0.717) is 24.1 Å². The van der Waals surface area contributed by atoms with E-state index in [4.69, 9.17) is 4.42 Å². The van der Waals surface area contributed by atoms with Crippen LogP contribution in [-0.2, 0) is 16.4 Å². The van der Waals surface area contributed by atoms with Gasteiger partial charge in [0.2, 0.25) is 0 Å². The molecule has 0 bridgehead atoms. The van der Waals surface area contributed by atoms with Crippen LogP contribution in [0.25, 0.3) is 11.1 Å². The van der Waals surface area contributed by atoms with Gasteiger partial charge in [-0.15, -0.1) is 0 Å². The Balaban J connectivity index is 2.22. The number of hydrogen-bond donors (Lipinski definition) is 0. The molecule has 1 heterocycles. The maximum absolute atomic E-state index is 11.7. The van der Waals surface area contributed by atoms with E-state index in [2.05, 4.69) is 22.6 Å². The molecular weight excluding hydrogens is 381 g/mol. The van der Waals surface area contributed by atoms with Gasteiger partial charge in [0.05, 0.1) is 11.3 Å². The zero-order valence-corrected chi connectivity index (χ0v) is 13.4. The molecule has 0 saturated heterocycles. The summed E-state index contributed by atoms with van der Waals surface area (Å²) < 4.78 is 30.4. The highest BCUT2D eigenvalue weighted by atomic mass is 127. The lowest BCUT2D eigenvalue weighted by molar-refractivity contribution is 0.501. The largest absolute Gasteiger partial charge is 0.419 e. The topological polar surface area (TPSA) is 69.3 Å². The molecule has 0 aliphatic carbocycles. The summed E-state index contributed by atoms with van der Waals surface area (Å²) >= 11 is 2.14. The van der Waals surface area contributed by atoms with E-state index in [9.17, 15) is 13.2 Å². The number of sulfone groups is 1. The maximum Gasteiger partial charge on any atom is 0.419 e. The van der Waals surface area contributed by atoms with E-state index < -0.39 is 15.6 Å². The van der Waals surface area contributed by atoms with Gasteiger partial charge in [0.15, 0.2) is 5.58 Å².